The Hall–Kier alpha value is -2.78. The minimum Gasteiger partial charge on any atom is -0.354 e. The number of amides is 2. The molecule has 0 aliphatic carbocycles. The Bertz CT molecular complexity index is 1370. The molecule has 1 N–H and O–H groups in total. The Morgan fingerprint density at radius 3 is 2.18 bits per heavy atom. The molecule has 0 aliphatic rings. The van der Waals surface area contributed by atoms with Crippen molar-refractivity contribution in [1.29, 1.82) is 0 Å². The van der Waals surface area contributed by atoms with Crippen LogP contribution in [0, 0.1) is 0 Å². The minimum absolute atomic E-state index is 0.0102. The lowest BCUT2D eigenvalue weighted by Gasteiger charge is -2.32. The number of rotatable bonds is 11. The SMILES string of the molecule is CCCNC(=O)[C@@H](C)N(Cc1ccc(Cl)c(Cl)c1)C(=O)CN(c1ccc(Cl)cc1)S(=O)(=O)c1ccccc1. The quantitative estimate of drug-likeness (QED) is 0.304. The fourth-order valence-electron chi connectivity index (χ4n) is 3.67. The molecule has 11 heteroatoms. The van der Waals surface area contributed by atoms with E-state index >= 15 is 0 Å². The zero-order valence-electron chi connectivity index (χ0n) is 20.9. The zero-order valence-corrected chi connectivity index (χ0v) is 24.0. The van der Waals surface area contributed by atoms with Crippen molar-refractivity contribution in [1.82, 2.24) is 10.2 Å². The highest BCUT2D eigenvalue weighted by molar-refractivity contribution is 7.92. The number of anilines is 1. The van der Waals surface area contributed by atoms with Crippen molar-refractivity contribution in [2.24, 2.45) is 0 Å². The van der Waals surface area contributed by atoms with Crippen LogP contribution < -0.4 is 9.62 Å². The summed E-state index contributed by atoms with van der Waals surface area (Å²) in [5.74, 6) is -0.936. The maximum Gasteiger partial charge on any atom is 0.264 e. The molecule has 0 saturated carbocycles. The Balaban J connectivity index is 2.01. The molecule has 3 rings (SSSR count). The number of hydrogen-bond donors (Lipinski definition) is 1. The highest BCUT2D eigenvalue weighted by atomic mass is 35.5. The summed E-state index contributed by atoms with van der Waals surface area (Å²) in [4.78, 5) is 28.0. The molecular formula is C27H28Cl3N3O4S. The number of carbonyl (C=O) groups excluding carboxylic acids is 2. The number of hydrogen-bond acceptors (Lipinski definition) is 4. The van der Waals surface area contributed by atoms with Crippen molar-refractivity contribution in [3.8, 4) is 0 Å². The highest BCUT2D eigenvalue weighted by Crippen LogP contribution is 2.27. The van der Waals surface area contributed by atoms with Gasteiger partial charge >= 0.3 is 0 Å². The van der Waals surface area contributed by atoms with Crippen LogP contribution in [0.25, 0.3) is 0 Å². The van der Waals surface area contributed by atoms with Crippen molar-refractivity contribution >= 4 is 62.3 Å². The van der Waals surface area contributed by atoms with Gasteiger partial charge in [-0.3, -0.25) is 13.9 Å². The summed E-state index contributed by atoms with van der Waals surface area (Å²) in [5.41, 5.74) is 0.885. The number of halogens is 3. The fourth-order valence-corrected chi connectivity index (χ4v) is 5.55. The molecule has 0 bridgehead atoms. The van der Waals surface area contributed by atoms with Gasteiger partial charge in [0.05, 0.1) is 20.6 Å². The van der Waals surface area contributed by atoms with Gasteiger partial charge in [-0.1, -0.05) is 66.0 Å². The molecule has 0 unspecified atom stereocenters. The lowest BCUT2D eigenvalue weighted by Crippen LogP contribution is -2.51. The van der Waals surface area contributed by atoms with E-state index in [1.54, 1.807) is 55.5 Å². The van der Waals surface area contributed by atoms with Gasteiger partial charge < -0.3 is 10.2 Å². The van der Waals surface area contributed by atoms with Gasteiger partial charge in [-0.15, -0.1) is 0 Å². The lowest BCUT2D eigenvalue weighted by molar-refractivity contribution is -0.139. The summed E-state index contributed by atoms with van der Waals surface area (Å²) >= 11 is 18.3. The summed E-state index contributed by atoms with van der Waals surface area (Å²) in [6.45, 7) is 3.42. The Morgan fingerprint density at radius 1 is 0.921 bits per heavy atom. The molecule has 2 amide bonds. The first-order chi connectivity index (χ1) is 18.0. The van der Waals surface area contributed by atoms with Crippen molar-refractivity contribution in [3.63, 3.8) is 0 Å². The number of nitrogens with one attached hydrogen (secondary N) is 1. The van der Waals surface area contributed by atoms with Crippen LogP contribution in [0.5, 0.6) is 0 Å². The molecule has 3 aromatic carbocycles. The molecule has 0 radical (unpaired) electrons. The van der Waals surface area contributed by atoms with Crippen LogP contribution >= 0.6 is 34.8 Å². The maximum atomic E-state index is 13.8. The van der Waals surface area contributed by atoms with Crippen LogP contribution in [-0.4, -0.2) is 44.3 Å². The van der Waals surface area contributed by atoms with Crippen LogP contribution in [0.3, 0.4) is 0 Å². The maximum absolute atomic E-state index is 13.8. The third-order valence-electron chi connectivity index (χ3n) is 5.78. The Kier molecular flexibility index (Phi) is 10.4. The first kappa shape index (κ1) is 29.8. The standard InChI is InChI=1S/C27H28Cl3N3O4S/c1-3-15-31-27(35)19(2)32(17-20-9-14-24(29)25(30)16-20)26(34)18-33(22-12-10-21(28)11-13-22)38(36,37)23-7-5-4-6-8-23/h4-14,16,19H,3,15,17-18H2,1-2H3,(H,31,35)/t19-/m1/s1. The van der Waals surface area contributed by atoms with Crippen molar-refractivity contribution in [2.45, 2.75) is 37.8 Å². The second-order valence-electron chi connectivity index (χ2n) is 8.54. The molecule has 0 saturated heterocycles. The van der Waals surface area contributed by atoms with E-state index in [1.165, 1.54) is 29.2 Å². The molecule has 202 valence electrons. The molecule has 3 aromatic rings. The summed E-state index contributed by atoms with van der Waals surface area (Å²) in [6, 6.07) is 18.0. The van der Waals surface area contributed by atoms with E-state index in [2.05, 4.69) is 5.32 Å². The van der Waals surface area contributed by atoms with Gasteiger partial charge in [0.15, 0.2) is 0 Å². The summed E-state index contributed by atoms with van der Waals surface area (Å²) in [6.07, 6.45) is 0.721. The van der Waals surface area contributed by atoms with Gasteiger partial charge in [0.1, 0.15) is 12.6 Å². The molecule has 0 aromatic heterocycles. The molecule has 0 fully saturated rings. The largest absolute Gasteiger partial charge is 0.354 e. The molecule has 1 atom stereocenters. The third-order valence-corrected chi connectivity index (χ3v) is 8.56. The molecule has 0 aliphatic heterocycles. The van der Waals surface area contributed by atoms with Gasteiger partial charge in [-0.05, 0) is 67.4 Å². The van der Waals surface area contributed by atoms with E-state index < -0.39 is 28.5 Å². The molecule has 38 heavy (non-hydrogen) atoms. The first-order valence-electron chi connectivity index (χ1n) is 11.9. The average molecular weight is 597 g/mol. The van der Waals surface area contributed by atoms with Gasteiger partial charge in [0, 0.05) is 18.1 Å². The monoisotopic (exact) mass is 595 g/mol. The molecule has 0 spiro atoms. The van der Waals surface area contributed by atoms with E-state index in [9.17, 15) is 18.0 Å². The second-order valence-corrected chi connectivity index (χ2v) is 11.7. The number of benzene rings is 3. The van der Waals surface area contributed by atoms with E-state index in [-0.39, 0.29) is 23.0 Å². The molecular weight excluding hydrogens is 569 g/mol. The van der Waals surface area contributed by atoms with Crippen LogP contribution in [-0.2, 0) is 26.2 Å². The average Bonchev–Trinajstić information content (AvgIpc) is 2.91. The zero-order chi connectivity index (χ0) is 27.9. The summed E-state index contributed by atoms with van der Waals surface area (Å²) < 4.78 is 28.4. The van der Waals surface area contributed by atoms with Gasteiger partial charge in [0.2, 0.25) is 11.8 Å². The first-order valence-corrected chi connectivity index (χ1v) is 14.5. The van der Waals surface area contributed by atoms with E-state index in [4.69, 9.17) is 34.8 Å². The topological polar surface area (TPSA) is 86.8 Å². The fraction of sp³-hybridized carbons (Fsp3) is 0.259. The third kappa shape index (κ3) is 7.41. The highest BCUT2D eigenvalue weighted by Gasteiger charge is 2.32. The minimum atomic E-state index is -4.14. The normalized spacial score (nSPS) is 12.0. The number of sulfonamides is 1. The predicted octanol–water partition coefficient (Wildman–Crippen LogP) is 5.79. The van der Waals surface area contributed by atoms with Crippen LogP contribution in [0.1, 0.15) is 25.8 Å². The molecule has 0 heterocycles. The smallest absolute Gasteiger partial charge is 0.264 e. The van der Waals surface area contributed by atoms with Gasteiger partial charge in [-0.2, -0.15) is 0 Å². The van der Waals surface area contributed by atoms with E-state index in [0.29, 0.717) is 27.2 Å². The van der Waals surface area contributed by atoms with Crippen LogP contribution in [0.2, 0.25) is 15.1 Å². The van der Waals surface area contributed by atoms with Crippen molar-refractivity contribution < 1.29 is 18.0 Å². The van der Waals surface area contributed by atoms with Crippen molar-refractivity contribution in [3.05, 3.63) is 93.4 Å². The summed E-state index contributed by atoms with van der Waals surface area (Å²) in [5, 5.41) is 3.86. The number of carbonyl (C=O) groups is 2. The van der Waals surface area contributed by atoms with E-state index in [1.807, 2.05) is 6.92 Å². The van der Waals surface area contributed by atoms with E-state index in [0.717, 1.165) is 10.7 Å². The van der Waals surface area contributed by atoms with Gasteiger partial charge in [0.25, 0.3) is 10.0 Å². The van der Waals surface area contributed by atoms with Crippen LogP contribution in [0.4, 0.5) is 5.69 Å². The second kappa shape index (κ2) is 13.3. The molecule has 7 nitrogen and oxygen atoms in total. The van der Waals surface area contributed by atoms with Crippen LogP contribution in [0.15, 0.2) is 77.7 Å². The van der Waals surface area contributed by atoms with Crippen molar-refractivity contribution in [2.75, 3.05) is 17.4 Å². The lowest BCUT2D eigenvalue weighted by atomic mass is 10.1. The Labute approximate surface area is 238 Å². The Morgan fingerprint density at radius 2 is 1.58 bits per heavy atom. The van der Waals surface area contributed by atoms with Gasteiger partial charge in [-0.25, -0.2) is 8.42 Å². The number of nitrogens with zero attached hydrogens (tertiary/aromatic N) is 2. The summed E-state index contributed by atoms with van der Waals surface area (Å²) in [7, 11) is -4.14. The predicted molar refractivity (Wildman–Crippen MR) is 152 cm³/mol.